The number of rotatable bonds is 2. The van der Waals surface area contributed by atoms with Gasteiger partial charge in [-0.25, -0.2) is 0 Å². The Morgan fingerprint density at radius 2 is 2.09 bits per heavy atom. The number of hydrogen-bond acceptors (Lipinski definition) is 4. The van der Waals surface area contributed by atoms with Gasteiger partial charge >= 0.3 is 0 Å². The van der Waals surface area contributed by atoms with Gasteiger partial charge in [-0.05, 0) is 43.5 Å². The zero-order valence-electron chi connectivity index (χ0n) is 12.2. The second-order valence-corrected chi connectivity index (χ2v) is 6.16. The van der Waals surface area contributed by atoms with Crippen LogP contribution in [0.4, 0.5) is 5.69 Å². The average molecular weight is 299 g/mol. The average Bonchev–Trinajstić information content (AvgIpc) is 3.02. The third kappa shape index (κ3) is 3.02. The maximum atomic E-state index is 5.49. The van der Waals surface area contributed by atoms with Gasteiger partial charge in [0.2, 0.25) is 0 Å². The molecule has 0 aliphatic carbocycles. The fourth-order valence-corrected chi connectivity index (χ4v) is 3.58. The van der Waals surface area contributed by atoms with E-state index in [1.165, 1.54) is 38.2 Å². The Kier molecular flexibility index (Phi) is 4.48. The summed E-state index contributed by atoms with van der Waals surface area (Å²) in [6, 6.07) is 6.11. The van der Waals surface area contributed by atoms with Crippen LogP contribution >= 0.6 is 0 Å². The van der Waals surface area contributed by atoms with E-state index in [-0.39, 0.29) is 7.43 Å². The summed E-state index contributed by atoms with van der Waals surface area (Å²) in [6.07, 6.45) is 8.28. The number of pyridine rings is 1. The molecule has 2 atom stereocenters. The summed E-state index contributed by atoms with van der Waals surface area (Å²) < 4.78 is 5.49. The summed E-state index contributed by atoms with van der Waals surface area (Å²) in [5.74, 6) is 1.69. The molecule has 2 bridgehead atoms. The standard InChI is InChI=1S/C17H21N3O.CH4/c1-3-14-12-19(5-1)6-7-20(13-14)16-9-15(10-18-11-16)17-4-2-8-21-17;/h2,4,8-11,14H,1,3,5-7,12-13H2;1H4. The number of fused-ring (bicyclic) bond motifs is 2. The Balaban J connectivity index is 0.00000144. The van der Waals surface area contributed by atoms with Crippen LogP contribution in [-0.2, 0) is 0 Å². The predicted octanol–water partition coefficient (Wildman–Crippen LogP) is 3.51. The minimum absolute atomic E-state index is 0. The highest BCUT2D eigenvalue weighted by molar-refractivity contribution is 5.62. The van der Waals surface area contributed by atoms with Crippen LogP contribution in [0, 0.1) is 5.92 Å². The zero-order chi connectivity index (χ0) is 14.1. The molecule has 0 aromatic carbocycles. The molecule has 4 heterocycles. The van der Waals surface area contributed by atoms with Crippen LogP contribution in [-0.4, -0.2) is 42.6 Å². The molecule has 2 aliphatic heterocycles. The third-order valence-corrected chi connectivity index (χ3v) is 4.66. The van der Waals surface area contributed by atoms with E-state index in [4.69, 9.17) is 4.42 Å². The summed E-state index contributed by atoms with van der Waals surface area (Å²) in [5, 5.41) is 0. The van der Waals surface area contributed by atoms with Gasteiger partial charge in [0.1, 0.15) is 5.76 Å². The van der Waals surface area contributed by atoms with E-state index in [9.17, 15) is 0 Å². The van der Waals surface area contributed by atoms with Crippen molar-refractivity contribution in [1.29, 1.82) is 0 Å². The van der Waals surface area contributed by atoms with Crippen molar-refractivity contribution < 1.29 is 4.42 Å². The first-order valence-corrected chi connectivity index (χ1v) is 7.85. The smallest absolute Gasteiger partial charge is 0.135 e. The van der Waals surface area contributed by atoms with Crippen LogP contribution in [0.1, 0.15) is 20.3 Å². The Morgan fingerprint density at radius 3 is 2.95 bits per heavy atom. The Hall–Kier alpha value is -1.81. The molecule has 0 spiro atoms. The molecule has 2 aromatic heterocycles. The minimum Gasteiger partial charge on any atom is -0.464 e. The molecule has 0 radical (unpaired) electrons. The molecule has 0 N–H and O–H groups in total. The summed E-state index contributed by atoms with van der Waals surface area (Å²) in [4.78, 5) is 9.52. The van der Waals surface area contributed by atoms with Crippen molar-refractivity contribution in [2.45, 2.75) is 20.3 Å². The molecule has 0 saturated carbocycles. The first-order chi connectivity index (χ1) is 10.4. The fraction of sp³-hybridized carbons (Fsp3) is 0.500. The van der Waals surface area contributed by atoms with Gasteiger partial charge in [0.05, 0.1) is 18.1 Å². The summed E-state index contributed by atoms with van der Waals surface area (Å²) in [5.41, 5.74) is 2.28. The fourth-order valence-electron chi connectivity index (χ4n) is 3.58. The van der Waals surface area contributed by atoms with Gasteiger partial charge < -0.3 is 14.2 Å². The zero-order valence-corrected chi connectivity index (χ0v) is 12.2. The van der Waals surface area contributed by atoms with Crippen LogP contribution in [0.2, 0.25) is 0 Å². The van der Waals surface area contributed by atoms with Gasteiger partial charge in [-0.3, -0.25) is 4.98 Å². The molecule has 4 heteroatoms. The molecule has 2 fully saturated rings. The molecule has 2 aromatic rings. The van der Waals surface area contributed by atoms with Gasteiger partial charge in [0.25, 0.3) is 0 Å². The molecule has 4 nitrogen and oxygen atoms in total. The van der Waals surface area contributed by atoms with Crippen LogP contribution in [0.3, 0.4) is 0 Å². The molecular formula is C18H25N3O. The lowest BCUT2D eigenvalue weighted by Crippen LogP contribution is -2.35. The minimum atomic E-state index is 0. The van der Waals surface area contributed by atoms with Gasteiger partial charge in [-0.1, -0.05) is 7.43 Å². The lowest BCUT2D eigenvalue weighted by atomic mass is 9.98. The van der Waals surface area contributed by atoms with Crippen molar-refractivity contribution in [2.75, 3.05) is 37.6 Å². The quantitative estimate of drug-likeness (QED) is 0.849. The van der Waals surface area contributed by atoms with Crippen molar-refractivity contribution in [3.05, 3.63) is 36.9 Å². The molecule has 2 aliphatic rings. The highest BCUT2D eigenvalue weighted by Gasteiger charge is 2.26. The second-order valence-electron chi connectivity index (χ2n) is 6.16. The SMILES string of the molecule is C.c1coc(-c2cncc(N3CCN4CCCC(C4)C3)c2)c1. The molecule has 2 unspecified atom stereocenters. The van der Waals surface area contributed by atoms with Crippen LogP contribution in [0.25, 0.3) is 11.3 Å². The van der Waals surface area contributed by atoms with Gasteiger partial charge in [-0.2, -0.15) is 0 Å². The van der Waals surface area contributed by atoms with E-state index in [1.54, 1.807) is 6.26 Å². The number of furan rings is 1. The second kappa shape index (κ2) is 6.53. The summed E-state index contributed by atoms with van der Waals surface area (Å²) in [6.45, 7) is 5.96. The third-order valence-electron chi connectivity index (χ3n) is 4.66. The summed E-state index contributed by atoms with van der Waals surface area (Å²) >= 11 is 0. The van der Waals surface area contributed by atoms with Crippen molar-refractivity contribution in [1.82, 2.24) is 9.88 Å². The van der Waals surface area contributed by atoms with Gasteiger partial charge in [0.15, 0.2) is 0 Å². The summed E-state index contributed by atoms with van der Waals surface area (Å²) in [7, 11) is 0. The molecule has 22 heavy (non-hydrogen) atoms. The Bertz CT molecular complexity index is 596. The van der Waals surface area contributed by atoms with Crippen molar-refractivity contribution >= 4 is 5.69 Å². The van der Waals surface area contributed by atoms with E-state index >= 15 is 0 Å². The maximum Gasteiger partial charge on any atom is 0.135 e. The number of aromatic nitrogens is 1. The normalized spacial score (nSPS) is 24.5. The Labute approximate surface area is 132 Å². The van der Waals surface area contributed by atoms with E-state index in [2.05, 4.69) is 20.9 Å². The van der Waals surface area contributed by atoms with Crippen molar-refractivity contribution in [3.8, 4) is 11.3 Å². The number of hydrogen-bond donors (Lipinski definition) is 0. The maximum absolute atomic E-state index is 5.49. The first-order valence-electron chi connectivity index (χ1n) is 7.85. The topological polar surface area (TPSA) is 32.5 Å². The molecule has 0 amide bonds. The predicted molar refractivity (Wildman–Crippen MR) is 90.0 cm³/mol. The molecular weight excluding hydrogens is 274 g/mol. The van der Waals surface area contributed by atoms with Crippen molar-refractivity contribution in [3.63, 3.8) is 0 Å². The largest absolute Gasteiger partial charge is 0.464 e. The highest BCUT2D eigenvalue weighted by atomic mass is 16.3. The van der Waals surface area contributed by atoms with Crippen LogP contribution in [0.5, 0.6) is 0 Å². The number of piperidine rings is 1. The van der Waals surface area contributed by atoms with E-state index in [1.807, 2.05) is 24.5 Å². The first kappa shape index (κ1) is 15.1. The van der Waals surface area contributed by atoms with Gasteiger partial charge in [-0.15, -0.1) is 0 Å². The number of anilines is 1. The lowest BCUT2D eigenvalue weighted by molar-refractivity contribution is 0.201. The van der Waals surface area contributed by atoms with E-state index in [0.717, 1.165) is 30.3 Å². The lowest BCUT2D eigenvalue weighted by Gasteiger charge is -2.29. The van der Waals surface area contributed by atoms with E-state index in [0.29, 0.717) is 0 Å². The van der Waals surface area contributed by atoms with Crippen LogP contribution in [0.15, 0.2) is 41.3 Å². The molecule has 118 valence electrons. The molecule has 2 saturated heterocycles. The number of nitrogens with zero attached hydrogens (tertiary/aromatic N) is 3. The molecule has 4 rings (SSSR count). The Morgan fingerprint density at radius 1 is 1.14 bits per heavy atom. The van der Waals surface area contributed by atoms with Crippen molar-refractivity contribution in [2.24, 2.45) is 5.92 Å². The highest BCUT2D eigenvalue weighted by Crippen LogP contribution is 2.27. The monoisotopic (exact) mass is 299 g/mol. The van der Waals surface area contributed by atoms with Crippen LogP contribution < -0.4 is 4.90 Å². The van der Waals surface area contributed by atoms with E-state index < -0.39 is 0 Å². The van der Waals surface area contributed by atoms with Gasteiger partial charge in [0, 0.05) is 37.9 Å².